The van der Waals surface area contributed by atoms with Crippen molar-refractivity contribution in [3.63, 3.8) is 0 Å². The van der Waals surface area contributed by atoms with Gasteiger partial charge in [0.2, 0.25) is 5.95 Å². The average molecular weight is 371 g/mol. The average Bonchev–Trinajstić information content (AvgIpc) is 2.72. The van der Waals surface area contributed by atoms with Crippen LogP contribution in [0.1, 0.15) is 30.1 Å². The van der Waals surface area contributed by atoms with Crippen LogP contribution in [0.2, 0.25) is 0 Å². The Morgan fingerprint density at radius 2 is 1.74 bits per heavy atom. The van der Waals surface area contributed by atoms with E-state index in [1.165, 1.54) is 12.1 Å². The van der Waals surface area contributed by atoms with Crippen LogP contribution in [0.4, 0.5) is 16.0 Å². The predicted octanol–water partition coefficient (Wildman–Crippen LogP) is 2.81. The monoisotopic (exact) mass is 371 g/mol. The first kappa shape index (κ1) is 19.1. The van der Waals surface area contributed by atoms with Crippen molar-refractivity contribution in [3.05, 3.63) is 48.0 Å². The fourth-order valence-electron chi connectivity index (χ4n) is 3.13. The largest absolute Gasteiger partial charge is 0.368 e. The number of anilines is 2. The summed E-state index contributed by atoms with van der Waals surface area (Å²) in [7, 11) is 1.96. The van der Waals surface area contributed by atoms with Gasteiger partial charge in [0.05, 0.1) is 5.56 Å². The van der Waals surface area contributed by atoms with Crippen molar-refractivity contribution in [3.8, 4) is 0 Å². The highest BCUT2D eigenvalue weighted by atomic mass is 19.1. The highest BCUT2D eigenvalue weighted by Gasteiger charge is 2.23. The van der Waals surface area contributed by atoms with Gasteiger partial charge in [0.25, 0.3) is 5.91 Å². The fourth-order valence-corrected chi connectivity index (χ4v) is 3.13. The standard InChI is InChI=1S/C20H26FN5O/c1-3-4-9-24(2)20-22-14-16(15-23-20)19(27)26-12-10-25(11-13-26)18-7-5-17(21)6-8-18/h5-8,14-15H,3-4,9-13H2,1-2H3. The van der Waals surface area contributed by atoms with E-state index in [1.54, 1.807) is 24.5 Å². The molecule has 1 aromatic carbocycles. The molecule has 0 bridgehead atoms. The molecule has 7 heteroatoms. The van der Waals surface area contributed by atoms with Crippen LogP contribution >= 0.6 is 0 Å². The lowest BCUT2D eigenvalue weighted by Crippen LogP contribution is -2.48. The fraction of sp³-hybridized carbons (Fsp3) is 0.450. The molecule has 1 aliphatic rings. The van der Waals surface area contributed by atoms with Crippen molar-refractivity contribution in [1.29, 1.82) is 0 Å². The molecular weight excluding hydrogens is 345 g/mol. The van der Waals surface area contributed by atoms with Gasteiger partial charge in [0.1, 0.15) is 5.82 Å². The number of carbonyl (C=O) groups is 1. The van der Waals surface area contributed by atoms with Gasteiger partial charge in [-0.1, -0.05) is 13.3 Å². The van der Waals surface area contributed by atoms with Crippen LogP contribution in [0.3, 0.4) is 0 Å². The molecular formula is C20H26FN5O. The zero-order valence-electron chi connectivity index (χ0n) is 15.9. The molecule has 1 aromatic heterocycles. The molecule has 0 unspecified atom stereocenters. The van der Waals surface area contributed by atoms with E-state index in [4.69, 9.17) is 0 Å². The van der Waals surface area contributed by atoms with E-state index >= 15 is 0 Å². The van der Waals surface area contributed by atoms with E-state index in [1.807, 2.05) is 16.8 Å². The molecule has 0 atom stereocenters. The van der Waals surface area contributed by atoms with Crippen LogP contribution < -0.4 is 9.80 Å². The van der Waals surface area contributed by atoms with Crippen LogP contribution in [-0.4, -0.2) is 60.5 Å². The number of hydrogen-bond donors (Lipinski definition) is 0. The molecule has 27 heavy (non-hydrogen) atoms. The van der Waals surface area contributed by atoms with E-state index in [9.17, 15) is 9.18 Å². The van der Waals surface area contributed by atoms with Crippen LogP contribution in [0, 0.1) is 5.82 Å². The summed E-state index contributed by atoms with van der Waals surface area (Å²) in [5.74, 6) is 0.356. The number of benzene rings is 1. The van der Waals surface area contributed by atoms with Gasteiger partial charge in [-0.15, -0.1) is 0 Å². The summed E-state index contributed by atoms with van der Waals surface area (Å²) >= 11 is 0. The van der Waals surface area contributed by atoms with Gasteiger partial charge in [-0.2, -0.15) is 0 Å². The zero-order chi connectivity index (χ0) is 19.2. The molecule has 3 rings (SSSR count). The number of rotatable bonds is 6. The van der Waals surface area contributed by atoms with E-state index in [2.05, 4.69) is 21.8 Å². The number of carbonyl (C=O) groups excluding carboxylic acids is 1. The summed E-state index contributed by atoms with van der Waals surface area (Å²) in [5.41, 5.74) is 1.49. The second kappa shape index (κ2) is 8.79. The van der Waals surface area contributed by atoms with Crippen molar-refractivity contribution >= 4 is 17.5 Å². The predicted molar refractivity (Wildman–Crippen MR) is 105 cm³/mol. The van der Waals surface area contributed by atoms with Crippen molar-refractivity contribution in [1.82, 2.24) is 14.9 Å². The molecule has 0 aliphatic carbocycles. The summed E-state index contributed by atoms with van der Waals surface area (Å²) in [6.07, 6.45) is 5.42. The first-order chi connectivity index (χ1) is 13.1. The molecule has 1 aliphatic heterocycles. The summed E-state index contributed by atoms with van der Waals surface area (Å²) in [6, 6.07) is 6.47. The Morgan fingerprint density at radius 3 is 2.33 bits per heavy atom. The maximum atomic E-state index is 13.1. The van der Waals surface area contributed by atoms with E-state index < -0.39 is 0 Å². The Balaban J connectivity index is 1.56. The Bertz CT molecular complexity index is 742. The lowest BCUT2D eigenvalue weighted by Gasteiger charge is -2.36. The maximum Gasteiger partial charge on any atom is 0.257 e. The van der Waals surface area contributed by atoms with Crippen LogP contribution in [-0.2, 0) is 0 Å². The lowest BCUT2D eigenvalue weighted by molar-refractivity contribution is 0.0746. The lowest BCUT2D eigenvalue weighted by atomic mass is 10.2. The second-order valence-electron chi connectivity index (χ2n) is 6.80. The molecule has 0 radical (unpaired) electrons. The molecule has 1 amide bonds. The highest BCUT2D eigenvalue weighted by Crippen LogP contribution is 2.18. The Kier molecular flexibility index (Phi) is 6.21. The van der Waals surface area contributed by atoms with Crippen molar-refractivity contribution < 1.29 is 9.18 Å². The third-order valence-corrected chi connectivity index (χ3v) is 4.83. The Labute approximate surface area is 159 Å². The number of nitrogens with zero attached hydrogens (tertiary/aromatic N) is 5. The van der Waals surface area contributed by atoms with Crippen molar-refractivity contribution in [2.45, 2.75) is 19.8 Å². The zero-order valence-corrected chi connectivity index (χ0v) is 15.9. The van der Waals surface area contributed by atoms with Crippen LogP contribution in [0.15, 0.2) is 36.7 Å². The van der Waals surface area contributed by atoms with Crippen molar-refractivity contribution in [2.24, 2.45) is 0 Å². The second-order valence-corrected chi connectivity index (χ2v) is 6.80. The number of aromatic nitrogens is 2. The summed E-state index contributed by atoms with van der Waals surface area (Å²) < 4.78 is 13.1. The SMILES string of the molecule is CCCCN(C)c1ncc(C(=O)N2CCN(c3ccc(F)cc3)CC2)cn1. The number of amides is 1. The number of halogens is 1. The van der Waals surface area contributed by atoms with E-state index in [0.29, 0.717) is 24.6 Å². The molecule has 0 spiro atoms. The number of hydrogen-bond acceptors (Lipinski definition) is 5. The molecule has 6 nitrogen and oxygen atoms in total. The van der Waals surface area contributed by atoms with Gasteiger partial charge in [-0.25, -0.2) is 14.4 Å². The van der Waals surface area contributed by atoms with E-state index in [-0.39, 0.29) is 11.7 Å². The van der Waals surface area contributed by atoms with Crippen LogP contribution in [0.25, 0.3) is 0 Å². The number of unbranched alkanes of at least 4 members (excludes halogenated alkanes) is 1. The molecule has 2 heterocycles. The molecule has 1 saturated heterocycles. The minimum absolute atomic E-state index is 0.0449. The van der Waals surface area contributed by atoms with Crippen molar-refractivity contribution in [2.75, 3.05) is 49.6 Å². The summed E-state index contributed by atoms with van der Waals surface area (Å²) in [6.45, 7) is 5.72. The molecule has 144 valence electrons. The summed E-state index contributed by atoms with van der Waals surface area (Å²) in [5, 5.41) is 0. The topological polar surface area (TPSA) is 52.6 Å². The third-order valence-electron chi connectivity index (χ3n) is 4.83. The minimum atomic E-state index is -0.239. The van der Waals surface area contributed by atoms with Gasteiger partial charge in [0, 0.05) is 57.9 Å². The molecule has 0 saturated carbocycles. The molecule has 2 aromatic rings. The third kappa shape index (κ3) is 4.72. The number of piperazine rings is 1. The van der Waals surface area contributed by atoms with Gasteiger partial charge in [0.15, 0.2) is 0 Å². The van der Waals surface area contributed by atoms with Gasteiger partial charge < -0.3 is 14.7 Å². The first-order valence-corrected chi connectivity index (χ1v) is 9.41. The van der Waals surface area contributed by atoms with Crippen LogP contribution in [0.5, 0.6) is 0 Å². The normalized spacial score (nSPS) is 14.3. The quantitative estimate of drug-likeness (QED) is 0.782. The Morgan fingerprint density at radius 1 is 1.11 bits per heavy atom. The van der Waals surface area contributed by atoms with Gasteiger partial charge in [-0.3, -0.25) is 4.79 Å². The first-order valence-electron chi connectivity index (χ1n) is 9.41. The van der Waals surface area contributed by atoms with Gasteiger partial charge in [-0.05, 0) is 30.7 Å². The Hall–Kier alpha value is -2.70. The highest BCUT2D eigenvalue weighted by molar-refractivity contribution is 5.93. The maximum absolute atomic E-state index is 13.1. The van der Waals surface area contributed by atoms with Gasteiger partial charge >= 0.3 is 0 Å². The van der Waals surface area contributed by atoms with E-state index in [0.717, 1.165) is 38.2 Å². The summed E-state index contributed by atoms with van der Waals surface area (Å²) in [4.78, 5) is 27.4. The molecule has 1 fully saturated rings. The smallest absolute Gasteiger partial charge is 0.257 e. The minimum Gasteiger partial charge on any atom is -0.368 e. The molecule has 0 N–H and O–H groups in total.